The van der Waals surface area contributed by atoms with E-state index in [2.05, 4.69) is 10.6 Å². The number of alkyl halides is 2. The summed E-state index contributed by atoms with van der Waals surface area (Å²) in [5, 5.41) is 7.17. The lowest BCUT2D eigenvalue weighted by atomic mass is 9.69. The lowest BCUT2D eigenvalue weighted by Gasteiger charge is -2.42. The normalized spacial score (nSPS) is 52.6. The van der Waals surface area contributed by atoms with Crippen LogP contribution in [0.4, 0.5) is 8.78 Å². The zero-order chi connectivity index (χ0) is 15.1. The third-order valence-electron chi connectivity index (χ3n) is 6.65. The molecule has 3 aliphatic heterocycles. The van der Waals surface area contributed by atoms with E-state index in [4.69, 9.17) is 4.74 Å². The maximum absolute atomic E-state index is 14.3. The van der Waals surface area contributed by atoms with Crippen molar-refractivity contribution in [2.45, 2.75) is 50.6 Å². The Hall–Kier alpha value is -0.260. The molecule has 2 N–H and O–H groups in total. The largest absolute Gasteiger partial charge is 0.381 e. The lowest BCUT2D eigenvalue weighted by molar-refractivity contribution is 0.0326. The van der Waals surface area contributed by atoms with Gasteiger partial charge >= 0.3 is 0 Å². The fraction of sp³-hybridized carbons (Fsp3) is 1.00. The van der Waals surface area contributed by atoms with Gasteiger partial charge in [0.05, 0.1) is 6.17 Å². The summed E-state index contributed by atoms with van der Waals surface area (Å²) in [6.45, 7) is 3.63. The predicted octanol–water partition coefficient (Wildman–Crippen LogP) is 2.27. The van der Waals surface area contributed by atoms with E-state index in [0.717, 1.165) is 39.1 Å². The molecule has 3 heterocycles. The van der Waals surface area contributed by atoms with E-state index in [-0.39, 0.29) is 5.92 Å². The van der Waals surface area contributed by atoms with Crippen molar-refractivity contribution in [3.05, 3.63) is 0 Å². The molecule has 8 atom stereocenters. The van der Waals surface area contributed by atoms with E-state index >= 15 is 0 Å². The second-order valence-corrected chi connectivity index (χ2v) is 7.83. The number of ether oxygens (including phenoxy) is 1. The first-order valence-corrected chi connectivity index (χ1v) is 9.05. The Labute approximate surface area is 131 Å². The van der Waals surface area contributed by atoms with Crippen LogP contribution in [0.5, 0.6) is 0 Å². The summed E-state index contributed by atoms with van der Waals surface area (Å²) >= 11 is 0. The van der Waals surface area contributed by atoms with Gasteiger partial charge in [-0.15, -0.1) is 0 Å². The number of fused-ring (bicyclic) bond motifs is 1. The highest BCUT2D eigenvalue weighted by atomic mass is 19.1. The molecule has 0 aromatic carbocycles. The maximum atomic E-state index is 14.3. The average molecular weight is 314 g/mol. The summed E-state index contributed by atoms with van der Waals surface area (Å²) in [5.74, 6) is 2.03. The van der Waals surface area contributed by atoms with Crippen LogP contribution in [0, 0.1) is 29.6 Å². The molecular formula is C17H28F2N2O. The monoisotopic (exact) mass is 314 g/mol. The summed E-state index contributed by atoms with van der Waals surface area (Å²) in [5.41, 5.74) is 0. The molecular weight excluding hydrogens is 286 g/mol. The van der Waals surface area contributed by atoms with Crippen molar-refractivity contribution in [3.63, 3.8) is 0 Å². The van der Waals surface area contributed by atoms with Gasteiger partial charge in [0.25, 0.3) is 0 Å². The van der Waals surface area contributed by atoms with E-state index in [1.807, 2.05) is 0 Å². The van der Waals surface area contributed by atoms with Gasteiger partial charge in [0.15, 0.2) is 0 Å². The summed E-state index contributed by atoms with van der Waals surface area (Å²) in [6.07, 6.45) is 2.21. The van der Waals surface area contributed by atoms with Crippen molar-refractivity contribution in [1.82, 2.24) is 10.6 Å². The first kappa shape index (κ1) is 15.3. The first-order valence-electron chi connectivity index (χ1n) is 9.05. The highest BCUT2D eigenvalue weighted by Crippen LogP contribution is 2.43. The van der Waals surface area contributed by atoms with E-state index in [1.54, 1.807) is 0 Å². The van der Waals surface area contributed by atoms with Gasteiger partial charge in [-0.3, -0.25) is 0 Å². The van der Waals surface area contributed by atoms with Gasteiger partial charge < -0.3 is 15.4 Å². The third kappa shape index (κ3) is 2.80. The predicted molar refractivity (Wildman–Crippen MR) is 80.9 cm³/mol. The Balaban J connectivity index is 1.43. The standard InChI is InChI=1S/C17H28F2N2O/c18-12-1-2-16(19)13(6-12)11-5-14-15(10-3-4-22-9-10)8-21-17(14)20-7-11/h10-17,20-21H,1-9H2. The molecule has 126 valence electrons. The van der Waals surface area contributed by atoms with Crippen LogP contribution < -0.4 is 10.6 Å². The molecule has 0 amide bonds. The van der Waals surface area contributed by atoms with Crippen molar-refractivity contribution >= 4 is 0 Å². The SMILES string of the molecule is FC1CCC(F)C(C2CNC3NCC(C4CCOC4)C3C2)C1. The zero-order valence-electron chi connectivity index (χ0n) is 13.1. The van der Waals surface area contributed by atoms with Gasteiger partial charge in [0.2, 0.25) is 0 Å². The molecule has 1 saturated carbocycles. The van der Waals surface area contributed by atoms with Gasteiger partial charge in [0, 0.05) is 19.8 Å². The number of hydrogen-bond acceptors (Lipinski definition) is 3. The fourth-order valence-corrected chi connectivity index (χ4v) is 5.39. The minimum atomic E-state index is -0.807. The highest BCUT2D eigenvalue weighted by Gasteiger charge is 2.47. The summed E-state index contributed by atoms with van der Waals surface area (Å²) in [7, 11) is 0. The van der Waals surface area contributed by atoms with Gasteiger partial charge in [0.1, 0.15) is 12.3 Å². The van der Waals surface area contributed by atoms with Crippen LogP contribution in [0.15, 0.2) is 0 Å². The molecule has 0 aromatic rings. The Morgan fingerprint density at radius 1 is 0.818 bits per heavy atom. The minimum absolute atomic E-state index is 0.0849. The Bertz CT molecular complexity index is 391. The lowest BCUT2D eigenvalue weighted by Crippen LogP contribution is -2.52. The third-order valence-corrected chi connectivity index (χ3v) is 6.65. The van der Waals surface area contributed by atoms with Crippen LogP contribution in [0.1, 0.15) is 32.1 Å². The van der Waals surface area contributed by atoms with Crippen molar-refractivity contribution in [1.29, 1.82) is 0 Å². The Morgan fingerprint density at radius 2 is 1.68 bits per heavy atom. The molecule has 1 aliphatic carbocycles. The van der Waals surface area contributed by atoms with Crippen LogP contribution in [-0.2, 0) is 4.74 Å². The highest BCUT2D eigenvalue weighted by molar-refractivity contribution is 4.99. The molecule has 0 spiro atoms. The molecule has 0 aromatic heterocycles. The van der Waals surface area contributed by atoms with Gasteiger partial charge in [-0.25, -0.2) is 8.78 Å². The number of halogens is 2. The first-order chi connectivity index (χ1) is 10.7. The molecule has 4 fully saturated rings. The van der Waals surface area contributed by atoms with Crippen LogP contribution in [0.3, 0.4) is 0 Å². The molecule has 22 heavy (non-hydrogen) atoms. The van der Waals surface area contributed by atoms with E-state index in [9.17, 15) is 8.78 Å². The van der Waals surface area contributed by atoms with Gasteiger partial charge in [-0.2, -0.15) is 0 Å². The number of nitrogens with one attached hydrogen (secondary N) is 2. The van der Waals surface area contributed by atoms with Crippen LogP contribution >= 0.6 is 0 Å². The van der Waals surface area contributed by atoms with Gasteiger partial charge in [-0.1, -0.05) is 0 Å². The summed E-state index contributed by atoms with van der Waals surface area (Å²) in [6, 6.07) is 0. The Morgan fingerprint density at radius 3 is 2.50 bits per heavy atom. The molecule has 5 heteroatoms. The van der Waals surface area contributed by atoms with Crippen LogP contribution in [-0.4, -0.2) is 44.8 Å². The Kier molecular flexibility index (Phi) is 4.39. The van der Waals surface area contributed by atoms with E-state index in [0.29, 0.717) is 49.1 Å². The zero-order valence-corrected chi connectivity index (χ0v) is 13.1. The molecule has 4 aliphatic rings. The topological polar surface area (TPSA) is 33.3 Å². The van der Waals surface area contributed by atoms with E-state index in [1.165, 1.54) is 0 Å². The van der Waals surface area contributed by atoms with E-state index < -0.39 is 12.3 Å². The molecule has 0 bridgehead atoms. The summed E-state index contributed by atoms with van der Waals surface area (Å²) in [4.78, 5) is 0. The summed E-state index contributed by atoms with van der Waals surface area (Å²) < 4.78 is 33.6. The smallest absolute Gasteiger partial charge is 0.103 e. The average Bonchev–Trinajstić information content (AvgIpc) is 3.17. The number of hydrogen-bond donors (Lipinski definition) is 2. The number of piperidine rings is 1. The quantitative estimate of drug-likeness (QED) is 0.820. The van der Waals surface area contributed by atoms with Crippen LogP contribution in [0.2, 0.25) is 0 Å². The van der Waals surface area contributed by atoms with Crippen molar-refractivity contribution in [2.24, 2.45) is 29.6 Å². The molecule has 8 unspecified atom stereocenters. The molecule has 3 nitrogen and oxygen atoms in total. The minimum Gasteiger partial charge on any atom is -0.381 e. The second-order valence-electron chi connectivity index (χ2n) is 7.83. The maximum Gasteiger partial charge on any atom is 0.103 e. The van der Waals surface area contributed by atoms with Crippen LogP contribution in [0.25, 0.3) is 0 Å². The van der Waals surface area contributed by atoms with Crippen molar-refractivity contribution in [2.75, 3.05) is 26.3 Å². The van der Waals surface area contributed by atoms with Gasteiger partial charge in [-0.05, 0) is 68.2 Å². The second kappa shape index (κ2) is 6.33. The van der Waals surface area contributed by atoms with Crippen molar-refractivity contribution < 1.29 is 13.5 Å². The molecule has 4 rings (SSSR count). The molecule has 3 saturated heterocycles. The van der Waals surface area contributed by atoms with Crippen molar-refractivity contribution in [3.8, 4) is 0 Å². The molecule has 0 radical (unpaired) electrons. The fourth-order valence-electron chi connectivity index (χ4n) is 5.39. The number of rotatable bonds is 2.